The molecule has 3 rings (SSSR count). The van der Waals surface area contributed by atoms with Crippen LogP contribution in [-0.4, -0.2) is 38.0 Å². The lowest BCUT2D eigenvalue weighted by atomic mass is 10.0. The number of ether oxygens (including phenoxy) is 3. The van der Waals surface area contributed by atoms with Crippen molar-refractivity contribution in [3.05, 3.63) is 101 Å². The third-order valence-corrected chi connectivity index (χ3v) is 6.09. The maximum absolute atomic E-state index is 13.0. The molecular formula is C29H33NO5. The van der Waals surface area contributed by atoms with E-state index in [1.165, 1.54) is 0 Å². The Labute approximate surface area is 207 Å². The third-order valence-electron chi connectivity index (χ3n) is 6.09. The second-order valence-electron chi connectivity index (χ2n) is 8.46. The Balaban J connectivity index is 1.56. The zero-order valence-corrected chi connectivity index (χ0v) is 20.6. The molecule has 35 heavy (non-hydrogen) atoms. The Kier molecular flexibility index (Phi) is 9.87. The van der Waals surface area contributed by atoms with Gasteiger partial charge in [-0.05, 0) is 53.3 Å². The predicted octanol–water partition coefficient (Wildman–Crippen LogP) is 5.03. The first-order valence-corrected chi connectivity index (χ1v) is 11.7. The Morgan fingerprint density at radius 1 is 0.971 bits per heavy atom. The molecule has 0 saturated heterocycles. The van der Waals surface area contributed by atoms with Crippen molar-refractivity contribution in [3.63, 3.8) is 0 Å². The van der Waals surface area contributed by atoms with Crippen molar-refractivity contribution in [1.82, 2.24) is 4.90 Å². The van der Waals surface area contributed by atoms with Crippen molar-refractivity contribution in [3.8, 4) is 5.75 Å². The highest BCUT2D eigenvalue weighted by atomic mass is 16.5. The van der Waals surface area contributed by atoms with Gasteiger partial charge in [-0.3, -0.25) is 9.59 Å². The fourth-order valence-electron chi connectivity index (χ4n) is 3.88. The van der Waals surface area contributed by atoms with Crippen LogP contribution in [-0.2, 0) is 38.7 Å². The van der Waals surface area contributed by atoms with E-state index in [4.69, 9.17) is 14.2 Å². The van der Waals surface area contributed by atoms with E-state index in [2.05, 4.69) is 25.1 Å². The fraction of sp³-hybridized carbons (Fsp3) is 0.310. The lowest BCUT2D eigenvalue weighted by Gasteiger charge is -2.28. The number of carbonyl (C=O) groups excluding carboxylic acids is 2. The first kappa shape index (κ1) is 26.0. The lowest BCUT2D eigenvalue weighted by Crippen LogP contribution is -2.34. The van der Waals surface area contributed by atoms with E-state index in [-0.39, 0.29) is 18.6 Å². The highest BCUT2D eigenvalue weighted by molar-refractivity contribution is 5.76. The van der Waals surface area contributed by atoms with Gasteiger partial charge in [-0.1, -0.05) is 60.7 Å². The highest BCUT2D eigenvalue weighted by Crippen LogP contribution is 2.22. The molecule has 1 unspecified atom stereocenters. The van der Waals surface area contributed by atoms with Gasteiger partial charge in [-0.15, -0.1) is 0 Å². The second kappa shape index (κ2) is 13.3. The number of nitrogens with zero attached hydrogens (tertiary/aromatic N) is 1. The van der Waals surface area contributed by atoms with Crippen LogP contribution in [0.5, 0.6) is 5.75 Å². The molecule has 0 heterocycles. The van der Waals surface area contributed by atoms with Crippen molar-refractivity contribution in [2.75, 3.05) is 20.8 Å². The van der Waals surface area contributed by atoms with E-state index < -0.39 is 0 Å². The minimum absolute atomic E-state index is 0.00812. The van der Waals surface area contributed by atoms with E-state index in [0.717, 1.165) is 33.6 Å². The van der Waals surface area contributed by atoms with Crippen molar-refractivity contribution in [2.45, 2.75) is 39.0 Å². The summed E-state index contributed by atoms with van der Waals surface area (Å²) in [5.41, 5.74) is 5.36. The quantitative estimate of drug-likeness (QED) is 0.325. The van der Waals surface area contributed by atoms with Crippen LogP contribution in [0.25, 0.3) is 0 Å². The summed E-state index contributed by atoms with van der Waals surface area (Å²) in [5, 5.41) is 0. The van der Waals surface area contributed by atoms with Gasteiger partial charge in [0.2, 0.25) is 5.91 Å². The number of amides is 1. The summed E-state index contributed by atoms with van der Waals surface area (Å²) in [6, 6.07) is 23.3. The van der Waals surface area contributed by atoms with Crippen LogP contribution >= 0.6 is 0 Å². The molecular weight excluding hydrogens is 442 g/mol. The maximum atomic E-state index is 13.0. The average Bonchev–Trinajstić information content (AvgIpc) is 2.89. The maximum Gasteiger partial charge on any atom is 0.293 e. The highest BCUT2D eigenvalue weighted by Gasteiger charge is 2.22. The molecule has 0 aliphatic heterocycles. The minimum atomic E-state index is -0.325. The zero-order chi connectivity index (χ0) is 25.0. The number of aryl methyl sites for hydroxylation is 2. The Bertz CT molecular complexity index is 1080. The van der Waals surface area contributed by atoms with E-state index in [9.17, 15) is 9.59 Å². The molecule has 1 atom stereocenters. The Morgan fingerprint density at radius 2 is 1.69 bits per heavy atom. The van der Waals surface area contributed by atoms with Gasteiger partial charge in [-0.2, -0.15) is 0 Å². The minimum Gasteiger partial charge on any atom is -0.497 e. The molecule has 0 bridgehead atoms. The molecule has 0 spiro atoms. The van der Waals surface area contributed by atoms with Crippen LogP contribution in [0.3, 0.4) is 0 Å². The molecule has 0 saturated carbocycles. The van der Waals surface area contributed by atoms with Crippen LogP contribution in [0.2, 0.25) is 0 Å². The molecule has 184 valence electrons. The molecule has 0 aliphatic carbocycles. The Hall–Kier alpha value is -3.64. The Morgan fingerprint density at radius 3 is 2.37 bits per heavy atom. The monoisotopic (exact) mass is 475 g/mol. The van der Waals surface area contributed by atoms with Gasteiger partial charge < -0.3 is 19.1 Å². The number of hydrogen-bond donors (Lipinski definition) is 0. The number of carbonyl (C=O) groups is 2. The molecule has 3 aromatic carbocycles. The molecule has 0 aliphatic rings. The van der Waals surface area contributed by atoms with Crippen LogP contribution in [0.15, 0.2) is 72.8 Å². The molecule has 6 nitrogen and oxygen atoms in total. The summed E-state index contributed by atoms with van der Waals surface area (Å²) in [6.45, 7) is 3.61. The summed E-state index contributed by atoms with van der Waals surface area (Å²) in [4.78, 5) is 25.4. The molecule has 0 radical (unpaired) electrons. The molecule has 1 amide bonds. The van der Waals surface area contributed by atoms with Crippen molar-refractivity contribution in [2.24, 2.45) is 0 Å². The van der Waals surface area contributed by atoms with Crippen molar-refractivity contribution in [1.29, 1.82) is 0 Å². The van der Waals surface area contributed by atoms with Gasteiger partial charge in [0.1, 0.15) is 12.4 Å². The smallest absolute Gasteiger partial charge is 0.293 e. The van der Waals surface area contributed by atoms with Gasteiger partial charge in [0, 0.05) is 13.5 Å². The normalized spacial score (nSPS) is 11.5. The summed E-state index contributed by atoms with van der Waals surface area (Å²) >= 11 is 0. The third kappa shape index (κ3) is 7.69. The summed E-state index contributed by atoms with van der Waals surface area (Å²) in [7, 11) is 3.40. The predicted molar refractivity (Wildman–Crippen MR) is 135 cm³/mol. The lowest BCUT2D eigenvalue weighted by molar-refractivity contribution is -0.138. The van der Waals surface area contributed by atoms with E-state index in [1.54, 1.807) is 19.1 Å². The molecule has 0 fully saturated rings. The standard InChI is InChI=1S/C29H33NO5/c1-22-9-10-23(17-26(22)19-34-18-24-11-14-27(33-3)15-12-24)13-16-29(32)30(2)28(20-35-21-31)25-7-5-4-6-8-25/h4-12,14-15,17,21,28H,13,16,18-20H2,1-3H3. The van der Waals surface area contributed by atoms with E-state index in [1.807, 2.05) is 54.6 Å². The number of likely N-dealkylation sites (N-methyl/N-ethyl adjacent to an activating group) is 1. The van der Waals surface area contributed by atoms with Crippen molar-refractivity contribution < 1.29 is 23.8 Å². The van der Waals surface area contributed by atoms with Crippen LogP contribution in [0.1, 0.15) is 40.3 Å². The molecule has 3 aromatic rings. The van der Waals surface area contributed by atoms with Crippen molar-refractivity contribution >= 4 is 12.4 Å². The first-order valence-electron chi connectivity index (χ1n) is 11.7. The molecule has 0 N–H and O–H groups in total. The van der Waals surface area contributed by atoms with Crippen LogP contribution in [0, 0.1) is 6.92 Å². The second-order valence-corrected chi connectivity index (χ2v) is 8.46. The molecule has 0 aromatic heterocycles. The van der Waals surface area contributed by atoms with Crippen LogP contribution < -0.4 is 4.74 Å². The van der Waals surface area contributed by atoms with E-state index >= 15 is 0 Å². The summed E-state index contributed by atoms with van der Waals surface area (Å²) < 4.78 is 16.1. The number of benzene rings is 3. The van der Waals surface area contributed by atoms with Crippen LogP contribution in [0.4, 0.5) is 0 Å². The van der Waals surface area contributed by atoms with Gasteiger partial charge in [0.15, 0.2) is 0 Å². The largest absolute Gasteiger partial charge is 0.497 e. The summed E-state index contributed by atoms with van der Waals surface area (Å²) in [5.74, 6) is 0.815. The fourth-order valence-corrected chi connectivity index (χ4v) is 3.88. The first-order chi connectivity index (χ1) is 17.0. The number of hydrogen-bond acceptors (Lipinski definition) is 5. The molecule has 6 heteroatoms. The van der Waals surface area contributed by atoms with Gasteiger partial charge >= 0.3 is 0 Å². The SMILES string of the molecule is COc1ccc(COCc2cc(CCC(=O)N(C)C(COC=O)c3ccccc3)ccc2C)cc1. The van der Waals surface area contributed by atoms with Gasteiger partial charge in [-0.25, -0.2) is 0 Å². The zero-order valence-electron chi connectivity index (χ0n) is 20.6. The van der Waals surface area contributed by atoms with Gasteiger partial charge in [0.05, 0.1) is 26.4 Å². The van der Waals surface area contributed by atoms with Gasteiger partial charge in [0.25, 0.3) is 6.47 Å². The number of rotatable bonds is 13. The number of methoxy groups -OCH3 is 1. The average molecular weight is 476 g/mol. The van der Waals surface area contributed by atoms with E-state index in [0.29, 0.717) is 32.5 Å². The summed E-state index contributed by atoms with van der Waals surface area (Å²) in [6.07, 6.45) is 0.973. The topological polar surface area (TPSA) is 65.1 Å².